The Morgan fingerprint density at radius 3 is 2.93 bits per heavy atom. The zero-order valence-corrected chi connectivity index (χ0v) is 17.8. The first-order valence-corrected chi connectivity index (χ1v) is 9.91. The lowest BCUT2D eigenvalue weighted by Crippen LogP contribution is -2.60. The van der Waals surface area contributed by atoms with Gasteiger partial charge < -0.3 is 24.8 Å². The molecule has 3 rings (SSSR count). The summed E-state index contributed by atoms with van der Waals surface area (Å²) in [5, 5.41) is 3.24. The molecular formula is C21H28N6O3. The van der Waals surface area contributed by atoms with E-state index in [1.807, 2.05) is 18.0 Å². The summed E-state index contributed by atoms with van der Waals surface area (Å²) in [6.45, 7) is 5.92. The number of aromatic nitrogens is 3. The third-order valence-electron chi connectivity index (χ3n) is 5.00. The molecule has 0 unspecified atom stereocenters. The first-order chi connectivity index (χ1) is 14.4. The molecule has 2 aromatic rings. The van der Waals surface area contributed by atoms with Crippen molar-refractivity contribution in [2.45, 2.75) is 25.9 Å². The zero-order chi connectivity index (χ0) is 21.7. The molecule has 0 bridgehead atoms. The van der Waals surface area contributed by atoms with Crippen LogP contribution in [0.1, 0.15) is 13.8 Å². The maximum atomic E-state index is 12.4. The number of methoxy groups -OCH3 is 1. The van der Waals surface area contributed by atoms with Crippen LogP contribution >= 0.6 is 0 Å². The predicted molar refractivity (Wildman–Crippen MR) is 116 cm³/mol. The highest BCUT2D eigenvalue weighted by Gasteiger charge is 2.33. The monoisotopic (exact) mass is 412 g/mol. The summed E-state index contributed by atoms with van der Waals surface area (Å²) >= 11 is 0. The van der Waals surface area contributed by atoms with Gasteiger partial charge >= 0.3 is 6.01 Å². The van der Waals surface area contributed by atoms with E-state index in [0.717, 1.165) is 5.56 Å². The average molecular weight is 412 g/mol. The number of carbonyl (C=O) groups excluding carboxylic acids is 1. The molecule has 1 aliphatic rings. The van der Waals surface area contributed by atoms with Crippen molar-refractivity contribution in [2.24, 2.45) is 0 Å². The number of likely N-dealkylation sites (N-methyl/N-ethyl adjacent to an activating group) is 1. The Bertz CT molecular complexity index is 965. The van der Waals surface area contributed by atoms with E-state index >= 15 is 0 Å². The lowest BCUT2D eigenvalue weighted by molar-refractivity contribution is -0.130. The summed E-state index contributed by atoms with van der Waals surface area (Å²) in [5.74, 6) is -0.0130. The first kappa shape index (κ1) is 21.5. The van der Waals surface area contributed by atoms with Gasteiger partial charge in [0.1, 0.15) is 5.69 Å². The molecule has 1 aliphatic heterocycles. The summed E-state index contributed by atoms with van der Waals surface area (Å²) in [6.07, 6.45) is 6.66. The Balaban J connectivity index is 1.64. The molecule has 1 saturated heterocycles. The summed E-state index contributed by atoms with van der Waals surface area (Å²) < 4.78 is 5.07. The highest BCUT2D eigenvalue weighted by molar-refractivity contribution is 5.88. The SMILES string of the molecule is COc1nccc(-c2c[nH]c(=O)c(N(C)C3CN(C(=O)C=CCNC(C)C)C3)c2)n1. The Kier molecular flexibility index (Phi) is 6.83. The summed E-state index contributed by atoms with van der Waals surface area (Å²) in [7, 11) is 3.37. The Morgan fingerprint density at radius 2 is 2.23 bits per heavy atom. The van der Waals surface area contributed by atoms with Crippen molar-refractivity contribution < 1.29 is 9.53 Å². The second-order valence-electron chi connectivity index (χ2n) is 7.50. The number of nitrogens with zero attached hydrogens (tertiary/aromatic N) is 4. The molecule has 2 N–H and O–H groups in total. The number of carbonyl (C=O) groups is 1. The van der Waals surface area contributed by atoms with Crippen LogP contribution in [0.5, 0.6) is 6.01 Å². The Morgan fingerprint density at radius 1 is 1.47 bits per heavy atom. The van der Waals surface area contributed by atoms with E-state index in [2.05, 4.69) is 34.1 Å². The average Bonchev–Trinajstić information content (AvgIpc) is 2.70. The highest BCUT2D eigenvalue weighted by atomic mass is 16.5. The van der Waals surface area contributed by atoms with E-state index < -0.39 is 0 Å². The van der Waals surface area contributed by atoms with Crippen LogP contribution in [0.15, 0.2) is 41.5 Å². The molecule has 160 valence electrons. The van der Waals surface area contributed by atoms with Gasteiger partial charge in [0.25, 0.3) is 5.56 Å². The second-order valence-corrected chi connectivity index (χ2v) is 7.50. The molecule has 9 nitrogen and oxygen atoms in total. The number of hydrogen-bond acceptors (Lipinski definition) is 7. The van der Waals surface area contributed by atoms with E-state index in [4.69, 9.17) is 4.74 Å². The number of pyridine rings is 1. The van der Waals surface area contributed by atoms with E-state index in [1.54, 1.807) is 35.5 Å². The molecule has 9 heteroatoms. The predicted octanol–water partition coefficient (Wildman–Crippen LogP) is 1.04. The van der Waals surface area contributed by atoms with Gasteiger partial charge in [0.2, 0.25) is 5.91 Å². The quantitative estimate of drug-likeness (QED) is 0.625. The summed E-state index contributed by atoms with van der Waals surface area (Å²) in [4.78, 5) is 39.4. The van der Waals surface area contributed by atoms with Crippen LogP contribution in [0.2, 0.25) is 0 Å². The van der Waals surface area contributed by atoms with E-state index in [1.165, 1.54) is 7.11 Å². The van der Waals surface area contributed by atoms with Gasteiger partial charge in [-0.1, -0.05) is 19.9 Å². The van der Waals surface area contributed by atoms with Crippen LogP contribution in [0.4, 0.5) is 5.69 Å². The van der Waals surface area contributed by atoms with Crippen LogP contribution in [0, 0.1) is 0 Å². The van der Waals surface area contributed by atoms with E-state index in [9.17, 15) is 9.59 Å². The Labute approximate surface area is 175 Å². The minimum absolute atomic E-state index is 0.0130. The van der Waals surface area contributed by atoms with Gasteiger partial charge in [-0.25, -0.2) is 4.98 Å². The maximum absolute atomic E-state index is 12.4. The standard InChI is InChI=1S/C21H28N6O3/c1-14(2)22-8-5-6-19(28)27-12-16(13-27)26(3)18-10-15(11-24-20(18)29)17-7-9-23-21(25-17)30-4/h5-7,9-11,14,16,22H,8,12-13H2,1-4H3,(H,24,29). The normalized spacial score (nSPS) is 14.2. The molecule has 0 aromatic carbocycles. The summed E-state index contributed by atoms with van der Waals surface area (Å²) in [5.41, 5.74) is 1.74. The smallest absolute Gasteiger partial charge is 0.316 e. The Hall–Kier alpha value is -3.20. The highest BCUT2D eigenvalue weighted by Crippen LogP contribution is 2.23. The molecule has 0 saturated carbocycles. The number of H-pyrrole nitrogens is 1. The van der Waals surface area contributed by atoms with Crippen molar-refractivity contribution in [3.05, 3.63) is 47.0 Å². The van der Waals surface area contributed by atoms with Gasteiger partial charge in [0.15, 0.2) is 0 Å². The molecule has 0 atom stereocenters. The van der Waals surface area contributed by atoms with Crippen LogP contribution < -0.4 is 20.5 Å². The number of aromatic amines is 1. The number of likely N-dealkylation sites (tertiary alicyclic amines) is 1. The summed E-state index contributed by atoms with van der Waals surface area (Å²) in [6, 6.07) is 4.27. The van der Waals surface area contributed by atoms with Crippen LogP contribution in [-0.2, 0) is 4.79 Å². The van der Waals surface area contributed by atoms with Gasteiger partial charge in [-0.3, -0.25) is 9.59 Å². The first-order valence-electron chi connectivity index (χ1n) is 9.91. The van der Waals surface area contributed by atoms with Crippen molar-refractivity contribution >= 4 is 11.6 Å². The van der Waals surface area contributed by atoms with Gasteiger partial charge in [-0.05, 0) is 12.1 Å². The number of anilines is 1. The molecule has 3 heterocycles. The minimum Gasteiger partial charge on any atom is -0.467 e. The fraction of sp³-hybridized carbons (Fsp3) is 0.429. The van der Waals surface area contributed by atoms with E-state index in [0.29, 0.717) is 37.1 Å². The lowest BCUT2D eigenvalue weighted by atomic mass is 10.1. The third kappa shape index (κ3) is 5.04. The van der Waals surface area contributed by atoms with Crippen LogP contribution in [0.3, 0.4) is 0 Å². The molecule has 0 spiro atoms. The number of amides is 1. The molecule has 0 radical (unpaired) electrons. The van der Waals surface area contributed by atoms with Crippen LogP contribution in [-0.4, -0.2) is 71.6 Å². The second kappa shape index (κ2) is 9.53. The van der Waals surface area contributed by atoms with Crippen molar-refractivity contribution in [3.63, 3.8) is 0 Å². The van der Waals surface area contributed by atoms with Crippen molar-refractivity contribution in [2.75, 3.05) is 38.7 Å². The van der Waals surface area contributed by atoms with Crippen molar-refractivity contribution in [1.82, 2.24) is 25.2 Å². The van der Waals surface area contributed by atoms with Gasteiger partial charge in [-0.15, -0.1) is 0 Å². The number of rotatable bonds is 8. The number of nitrogens with one attached hydrogen (secondary N) is 2. The van der Waals surface area contributed by atoms with Gasteiger partial charge in [0.05, 0.1) is 18.8 Å². The molecular weight excluding hydrogens is 384 g/mol. The topological polar surface area (TPSA) is 103 Å². The molecule has 30 heavy (non-hydrogen) atoms. The van der Waals surface area contributed by atoms with Crippen molar-refractivity contribution in [3.8, 4) is 17.3 Å². The van der Waals surface area contributed by atoms with E-state index in [-0.39, 0.29) is 23.5 Å². The minimum atomic E-state index is -0.188. The van der Waals surface area contributed by atoms with Gasteiger partial charge in [0, 0.05) is 56.8 Å². The number of ether oxygens (including phenoxy) is 1. The maximum Gasteiger partial charge on any atom is 0.316 e. The molecule has 1 fully saturated rings. The fourth-order valence-electron chi connectivity index (χ4n) is 3.13. The molecule has 2 aromatic heterocycles. The van der Waals surface area contributed by atoms with Crippen LogP contribution in [0.25, 0.3) is 11.3 Å². The fourth-order valence-corrected chi connectivity index (χ4v) is 3.13. The molecule has 1 amide bonds. The van der Waals surface area contributed by atoms with Gasteiger partial charge in [-0.2, -0.15) is 4.98 Å². The number of hydrogen-bond donors (Lipinski definition) is 2. The third-order valence-corrected chi connectivity index (χ3v) is 5.00. The molecule has 0 aliphatic carbocycles. The zero-order valence-electron chi connectivity index (χ0n) is 17.8. The van der Waals surface area contributed by atoms with Crippen molar-refractivity contribution in [1.29, 1.82) is 0 Å². The lowest BCUT2D eigenvalue weighted by Gasteiger charge is -2.44. The largest absolute Gasteiger partial charge is 0.467 e.